The molecule has 1 saturated carbocycles. The molecule has 0 bridgehead atoms. The molecule has 1 aromatic carbocycles. The quantitative estimate of drug-likeness (QED) is 0.800. The monoisotopic (exact) mass is 335 g/mol. The van der Waals surface area contributed by atoms with Crippen LogP contribution in [0, 0.1) is 0 Å². The molecule has 2 rings (SSSR count). The smallest absolute Gasteiger partial charge is 0.335 e. The molecule has 0 heterocycles. The van der Waals surface area contributed by atoms with Crippen LogP contribution in [-0.2, 0) is 11.2 Å². The molecular formula is C18H25NO3S. The Morgan fingerprint density at radius 2 is 2.00 bits per heavy atom. The Morgan fingerprint density at radius 1 is 1.26 bits per heavy atom. The Morgan fingerprint density at radius 3 is 2.65 bits per heavy atom. The maximum atomic E-state index is 12.1. The fraction of sp³-hybridized carbons (Fsp3) is 0.556. The summed E-state index contributed by atoms with van der Waals surface area (Å²) in [5.74, 6) is 0.308. The summed E-state index contributed by atoms with van der Waals surface area (Å²) in [6.07, 6.45) is 5.72. The minimum atomic E-state index is -0.925. The highest BCUT2D eigenvalue weighted by Crippen LogP contribution is 2.28. The molecule has 2 unspecified atom stereocenters. The molecule has 5 heteroatoms. The van der Waals surface area contributed by atoms with Gasteiger partial charge >= 0.3 is 5.97 Å². The third-order valence-electron chi connectivity index (χ3n) is 4.24. The van der Waals surface area contributed by atoms with Crippen LogP contribution < -0.4 is 5.32 Å². The molecule has 1 amide bonds. The first kappa shape index (κ1) is 17.9. The van der Waals surface area contributed by atoms with E-state index in [2.05, 4.69) is 12.2 Å². The molecule has 4 nitrogen and oxygen atoms in total. The first-order valence-corrected chi connectivity index (χ1v) is 9.36. The summed E-state index contributed by atoms with van der Waals surface area (Å²) < 4.78 is 0. The molecule has 0 spiro atoms. The van der Waals surface area contributed by atoms with Gasteiger partial charge in [-0.15, -0.1) is 0 Å². The van der Waals surface area contributed by atoms with Crippen molar-refractivity contribution in [3.05, 3.63) is 35.4 Å². The number of carbonyl (C=O) groups excluding carboxylic acids is 1. The predicted molar refractivity (Wildman–Crippen MR) is 94.0 cm³/mol. The van der Waals surface area contributed by atoms with E-state index in [0.717, 1.165) is 24.2 Å². The Balaban J connectivity index is 1.75. The van der Waals surface area contributed by atoms with E-state index in [1.807, 2.05) is 11.8 Å². The first-order valence-electron chi connectivity index (χ1n) is 8.31. The van der Waals surface area contributed by atoms with Gasteiger partial charge in [0.2, 0.25) is 5.91 Å². The van der Waals surface area contributed by atoms with Gasteiger partial charge in [-0.05, 0) is 49.1 Å². The van der Waals surface area contributed by atoms with Crippen LogP contribution in [0.2, 0.25) is 0 Å². The summed E-state index contributed by atoms with van der Waals surface area (Å²) in [5, 5.41) is 12.7. The van der Waals surface area contributed by atoms with Crippen molar-refractivity contribution < 1.29 is 14.7 Å². The summed E-state index contributed by atoms with van der Waals surface area (Å²) in [6, 6.07) is 7.05. The SMILES string of the molecule is CCSC1CCCC(NC(=O)CCc2ccc(C(=O)O)cc2)C1. The zero-order valence-corrected chi connectivity index (χ0v) is 14.4. The molecule has 1 aliphatic carbocycles. The van der Waals surface area contributed by atoms with Crippen LogP contribution in [0.3, 0.4) is 0 Å². The van der Waals surface area contributed by atoms with Crippen LogP contribution in [0.25, 0.3) is 0 Å². The number of hydrogen-bond acceptors (Lipinski definition) is 3. The second-order valence-electron chi connectivity index (χ2n) is 6.01. The number of carboxylic acid groups (broad SMARTS) is 1. The Bertz CT molecular complexity index is 528. The number of carbonyl (C=O) groups is 2. The normalized spacial score (nSPS) is 20.9. The van der Waals surface area contributed by atoms with Crippen LogP contribution in [0.1, 0.15) is 54.9 Å². The third kappa shape index (κ3) is 5.90. The van der Waals surface area contributed by atoms with Crippen molar-refractivity contribution in [2.75, 3.05) is 5.75 Å². The highest BCUT2D eigenvalue weighted by molar-refractivity contribution is 7.99. The van der Waals surface area contributed by atoms with Crippen LogP contribution >= 0.6 is 11.8 Å². The van der Waals surface area contributed by atoms with Gasteiger partial charge in [0.05, 0.1) is 5.56 Å². The third-order valence-corrected chi connectivity index (χ3v) is 5.47. The largest absolute Gasteiger partial charge is 0.478 e. The van der Waals surface area contributed by atoms with E-state index in [1.165, 1.54) is 12.8 Å². The van der Waals surface area contributed by atoms with Gasteiger partial charge in [-0.25, -0.2) is 4.79 Å². The predicted octanol–water partition coefficient (Wildman–Crippen LogP) is 3.50. The van der Waals surface area contributed by atoms with E-state index in [-0.39, 0.29) is 11.5 Å². The zero-order chi connectivity index (χ0) is 16.7. The van der Waals surface area contributed by atoms with Crippen molar-refractivity contribution in [2.24, 2.45) is 0 Å². The maximum Gasteiger partial charge on any atom is 0.335 e. The lowest BCUT2D eigenvalue weighted by molar-refractivity contribution is -0.121. The molecule has 23 heavy (non-hydrogen) atoms. The standard InChI is InChI=1S/C18H25NO3S/c1-2-23-16-5-3-4-15(12-16)19-17(20)11-8-13-6-9-14(10-7-13)18(21)22/h6-7,9-10,15-16H,2-5,8,11-12H2,1H3,(H,19,20)(H,21,22). The Labute approximate surface area is 142 Å². The molecule has 0 aromatic heterocycles. The van der Waals surface area contributed by atoms with E-state index in [4.69, 9.17) is 5.11 Å². The fourth-order valence-electron chi connectivity index (χ4n) is 3.03. The number of amides is 1. The second kappa shape index (κ2) is 8.96. The van der Waals surface area contributed by atoms with E-state index in [9.17, 15) is 9.59 Å². The van der Waals surface area contributed by atoms with Gasteiger partial charge in [0, 0.05) is 17.7 Å². The lowest BCUT2D eigenvalue weighted by Crippen LogP contribution is -2.39. The number of hydrogen-bond donors (Lipinski definition) is 2. The number of thioether (sulfide) groups is 1. The lowest BCUT2D eigenvalue weighted by Gasteiger charge is -2.29. The van der Waals surface area contributed by atoms with Crippen LogP contribution in [0.15, 0.2) is 24.3 Å². The number of nitrogens with one attached hydrogen (secondary N) is 1. The van der Waals surface area contributed by atoms with Crippen molar-refractivity contribution in [1.29, 1.82) is 0 Å². The molecule has 0 aliphatic heterocycles. The molecule has 1 aliphatic rings. The number of carboxylic acids is 1. The Kier molecular flexibility index (Phi) is 6.96. The van der Waals surface area contributed by atoms with Gasteiger partial charge in [-0.1, -0.05) is 25.5 Å². The van der Waals surface area contributed by atoms with Gasteiger partial charge in [-0.2, -0.15) is 11.8 Å². The molecule has 0 radical (unpaired) electrons. The Hall–Kier alpha value is -1.49. The second-order valence-corrected chi connectivity index (χ2v) is 7.59. The van der Waals surface area contributed by atoms with E-state index < -0.39 is 5.97 Å². The van der Waals surface area contributed by atoms with Crippen LogP contribution in [-0.4, -0.2) is 34.0 Å². The average Bonchev–Trinajstić information content (AvgIpc) is 2.54. The van der Waals surface area contributed by atoms with Gasteiger partial charge in [-0.3, -0.25) is 4.79 Å². The van der Waals surface area contributed by atoms with Gasteiger partial charge in [0.15, 0.2) is 0 Å². The van der Waals surface area contributed by atoms with Gasteiger partial charge in [0.1, 0.15) is 0 Å². The van der Waals surface area contributed by atoms with E-state index in [1.54, 1.807) is 24.3 Å². The summed E-state index contributed by atoms with van der Waals surface area (Å²) in [5.41, 5.74) is 1.27. The summed E-state index contributed by atoms with van der Waals surface area (Å²) >= 11 is 2.00. The minimum Gasteiger partial charge on any atom is -0.478 e. The summed E-state index contributed by atoms with van der Waals surface area (Å²) in [6.45, 7) is 2.18. The molecular weight excluding hydrogens is 310 g/mol. The molecule has 2 N–H and O–H groups in total. The molecule has 1 aromatic rings. The fourth-order valence-corrected chi connectivity index (χ4v) is 4.21. The lowest BCUT2D eigenvalue weighted by atomic mass is 9.94. The molecule has 126 valence electrons. The van der Waals surface area contributed by atoms with Crippen molar-refractivity contribution in [1.82, 2.24) is 5.32 Å². The van der Waals surface area contributed by atoms with Crippen molar-refractivity contribution in [2.45, 2.75) is 56.7 Å². The molecule has 0 saturated heterocycles. The van der Waals surface area contributed by atoms with E-state index >= 15 is 0 Å². The van der Waals surface area contributed by atoms with Crippen molar-refractivity contribution in [3.63, 3.8) is 0 Å². The zero-order valence-electron chi connectivity index (χ0n) is 13.6. The van der Waals surface area contributed by atoms with Gasteiger partial charge in [0.25, 0.3) is 0 Å². The van der Waals surface area contributed by atoms with Gasteiger partial charge < -0.3 is 10.4 Å². The highest BCUT2D eigenvalue weighted by atomic mass is 32.2. The van der Waals surface area contributed by atoms with Crippen LogP contribution in [0.5, 0.6) is 0 Å². The highest BCUT2D eigenvalue weighted by Gasteiger charge is 2.22. The number of benzene rings is 1. The molecule has 1 fully saturated rings. The summed E-state index contributed by atoms with van der Waals surface area (Å²) in [4.78, 5) is 22.9. The van der Waals surface area contributed by atoms with Crippen molar-refractivity contribution >= 4 is 23.6 Å². The number of rotatable bonds is 7. The van der Waals surface area contributed by atoms with Crippen molar-refractivity contribution in [3.8, 4) is 0 Å². The molecule has 2 atom stereocenters. The summed E-state index contributed by atoms with van der Waals surface area (Å²) in [7, 11) is 0. The minimum absolute atomic E-state index is 0.0967. The van der Waals surface area contributed by atoms with E-state index in [0.29, 0.717) is 24.1 Å². The number of aryl methyl sites for hydroxylation is 1. The average molecular weight is 335 g/mol. The first-order chi connectivity index (χ1) is 11.1. The number of aromatic carboxylic acids is 1. The van der Waals surface area contributed by atoms with Crippen LogP contribution in [0.4, 0.5) is 0 Å². The maximum absolute atomic E-state index is 12.1. The topological polar surface area (TPSA) is 66.4 Å².